The van der Waals surface area contributed by atoms with Crippen LogP contribution in [0.4, 0.5) is 8.78 Å². The van der Waals surface area contributed by atoms with Crippen molar-refractivity contribution in [2.24, 2.45) is 10.9 Å². The Bertz CT molecular complexity index is 551. The lowest BCUT2D eigenvalue weighted by molar-refractivity contribution is 0.181. The maximum atomic E-state index is 13.8. The number of hydrogen-bond donors (Lipinski definition) is 1. The monoisotopic (exact) mass is 453 g/mol. The zero-order chi connectivity index (χ0) is 16.8. The summed E-state index contributed by atoms with van der Waals surface area (Å²) >= 11 is 0. The third-order valence-corrected chi connectivity index (χ3v) is 4.19. The Morgan fingerprint density at radius 1 is 1.46 bits per heavy atom. The predicted molar refractivity (Wildman–Crippen MR) is 103 cm³/mol. The topological polar surface area (TPSA) is 36.9 Å². The molecule has 0 aliphatic carbocycles. The molecule has 1 aliphatic heterocycles. The van der Waals surface area contributed by atoms with E-state index < -0.39 is 11.6 Å². The fourth-order valence-electron chi connectivity index (χ4n) is 2.84. The SMILES string of the molecule is CN=C(NCC(C)c1ccc(F)cc1F)N(C)CC1CCOC1.I. The lowest BCUT2D eigenvalue weighted by Gasteiger charge is -2.25. The molecule has 1 fully saturated rings. The van der Waals surface area contributed by atoms with Gasteiger partial charge < -0.3 is 15.0 Å². The van der Waals surface area contributed by atoms with E-state index in [9.17, 15) is 8.78 Å². The van der Waals surface area contributed by atoms with Crippen molar-refractivity contribution in [1.82, 2.24) is 10.2 Å². The van der Waals surface area contributed by atoms with Crippen molar-refractivity contribution >= 4 is 29.9 Å². The van der Waals surface area contributed by atoms with E-state index >= 15 is 0 Å². The molecular weight excluding hydrogens is 427 g/mol. The van der Waals surface area contributed by atoms with Gasteiger partial charge in [-0.05, 0) is 18.1 Å². The van der Waals surface area contributed by atoms with E-state index in [-0.39, 0.29) is 29.9 Å². The van der Waals surface area contributed by atoms with Gasteiger partial charge in [-0.3, -0.25) is 4.99 Å². The first-order valence-electron chi connectivity index (χ1n) is 7.95. The summed E-state index contributed by atoms with van der Waals surface area (Å²) in [6.07, 6.45) is 1.07. The summed E-state index contributed by atoms with van der Waals surface area (Å²) in [5, 5.41) is 3.26. The number of benzene rings is 1. The minimum absolute atomic E-state index is 0. The third-order valence-electron chi connectivity index (χ3n) is 4.19. The Kier molecular flexibility index (Phi) is 8.90. The molecule has 2 rings (SSSR count). The van der Waals surface area contributed by atoms with Crippen LogP contribution in [0.3, 0.4) is 0 Å². The van der Waals surface area contributed by atoms with E-state index in [1.54, 1.807) is 7.05 Å². The van der Waals surface area contributed by atoms with E-state index in [4.69, 9.17) is 4.74 Å². The number of rotatable bonds is 5. The van der Waals surface area contributed by atoms with Gasteiger partial charge in [-0.15, -0.1) is 24.0 Å². The number of halogens is 3. The molecule has 0 amide bonds. The lowest BCUT2D eigenvalue weighted by atomic mass is 10.0. The van der Waals surface area contributed by atoms with Gasteiger partial charge in [0.15, 0.2) is 5.96 Å². The molecule has 1 aliphatic rings. The normalized spacial score (nSPS) is 18.9. The van der Waals surface area contributed by atoms with Crippen LogP contribution in [0.25, 0.3) is 0 Å². The van der Waals surface area contributed by atoms with Gasteiger partial charge in [-0.2, -0.15) is 0 Å². The predicted octanol–water partition coefficient (Wildman–Crippen LogP) is 3.23. The van der Waals surface area contributed by atoms with Gasteiger partial charge in [0, 0.05) is 51.7 Å². The molecule has 1 aromatic rings. The van der Waals surface area contributed by atoms with Crippen LogP contribution in [-0.4, -0.2) is 51.3 Å². The molecule has 24 heavy (non-hydrogen) atoms. The van der Waals surface area contributed by atoms with Crippen molar-refractivity contribution in [3.63, 3.8) is 0 Å². The number of hydrogen-bond acceptors (Lipinski definition) is 2. The number of ether oxygens (including phenoxy) is 1. The standard InChI is InChI=1S/C17H25F2N3O.HI/c1-12(15-5-4-14(18)8-16(15)19)9-21-17(20-2)22(3)10-13-6-7-23-11-13;/h4-5,8,12-13H,6-7,9-11H2,1-3H3,(H,20,21);1H. The highest BCUT2D eigenvalue weighted by molar-refractivity contribution is 14.0. The maximum absolute atomic E-state index is 13.8. The van der Waals surface area contributed by atoms with Gasteiger partial charge in [0.25, 0.3) is 0 Å². The van der Waals surface area contributed by atoms with Crippen LogP contribution >= 0.6 is 24.0 Å². The summed E-state index contributed by atoms with van der Waals surface area (Å²) in [7, 11) is 3.71. The van der Waals surface area contributed by atoms with Crippen molar-refractivity contribution in [2.75, 3.05) is 40.4 Å². The van der Waals surface area contributed by atoms with E-state index in [2.05, 4.69) is 15.2 Å². The summed E-state index contributed by atoms with van der Waals surface area (Å²) in [4.78, 5) is 6.33. The highest BCUT2D eigenvalue weighted by Crippen LogP contribution is 2.19. The molecule has 4 nitrogen and oxygen atoms in total. The molecule has 0 bridgehead atoms. The summed E-state index contributed by atoms with van der Waals surface area (Å²) < 4.78 is 32.2. The average molecular weight is 453 g/mol. The molecule has 0 radical (unpaired) electrons. The van der Waals surface area contributed by atoms with Crippen molar-refractivity contribution in [2.45, 2.75) is 19.3 Å². The second kappa shape index (κ2) is 10.1. The van der Waals surface area contributed by atoms with Crippen LogP contribution in [0.5, 0.6) is 0 Å². The van der Waals surface area contributed by atoms with Crippen molar-refractivity contribution in [3.05, 3.63) is 35.4 Å². The van der Waals surface area contributed by atoms with Crippen LogP contribution < -0.4 is 5.32 Å². The molecule has 136 valence electrons. The number of guanidine groups is 1. The summed E-state index contributed by atoms with van der Waals surface area (Å²) in [6, 6.07) is 3.71. The van der Waals surface area contributed by atoms with Gasteiger partial charge in [0.05, 0.1) is 6.61 Å². The van der Waals surface area contributed by atoms with Crippen LogP contribution in [0.2, 0.25) is 0 Å². The highest BCUT2D eigenvalue weighted by atomic mass is 127. The molecule has 0 spiro atoms. The Morgan fingerprint density at radius 2 is 2.21 bits per heavy atom. The molecule has 0 aromatic heterocycles. The zero-order valence-electron chi connectivity index (χ0n) is 14.4. The highest BCUT2D eigenvalue weighted by Gasteiger charge is 2.19. The summed E-state index contributed by atoms with van der Waals surface area (Å²) in [6.45, 7) is 4.92. The zero-order valence-corrected chi connectivity index (χ0v) is 16.7. The van der Waals surface area contributed by atoms with Gasteiger partial charge in [0.2, 0.25) is 0 Å². The number of aliphatic imine (C=N–C) groups is 1. The Balaban J connectivity index is 0.00000288. The Hall–Kier alpha value is -0.960. The second-order valence-corrected chi connectivity index (χ2v) is 6.11. The molecule has 7 heteroatoms. The second-order valence-electron chi connectivity index (χ2n) is 6.11. The van der Waals surface area contributed by atoms with E-state index in [0.717, 1.165) is 38.2 Å². The summed E-state index contributed by atoms with van der Waals surface area (Å²) in [5.41, 5.74) is 0.501. The number of nitrogens with zero attached hydrogens (tertiary/aromatic N) is 2. The number of nitrogens with one attached hydrogen (secondary N) is 1. The maximum Gasteiger partial charge on any atom is 0.193 e. The third kappa shape index (κ3) is 5.84. The summed E-state index contributed by atoms with van der Waals surface area (Å²) in [5.74, 6) is 0.138. The van der Waals surface area contributed by atoms with E-state index in [0.29, 0.717) is 18.0 Å². The van der Waals surface area contributed by atoms with E-state index in [1.807, 2.05) is 14.0 Å². The Morgan fingerprint density at radius 3 is 2.79 bits per heavy atom. The van der Waals surface area contributed by atoms with Crippen molar-refractivity contribution < 1.29 is 13.5 Å². The molecule has 1 heterocycles. The molecule has 1 saturated heterocycles. The van der Waals surface area contributed by atoms with Gasteiger partial charge in [-0.25, -0.2) is 8.78 Å². The van der Waals surface area contributed by atoms with Crippen molar-refractivity contribution in [3.8, 4) is 0 Å². The van der Waals surface area contributed by atoms with Gasteiger partial charge in [0.1, 0.15) is 11.6 Å². The van der Waals surface area contributed by atoms with Gasteiger partial charge >= 0.3 is 0 Å². The molecular formula is C17H26F2IN3O. The van der Waals surface area contributed by atoms with Crippen LogP contribution in [0.1, 0.15) is 24.8 Å². The first-order chi connectivity index (χ1) is 11.0. The van der Waals surface area contributed by atoms with Crippen molar-refractivity contribution in [1.29, 1.82) is 0 Å². The molecule has 0 saturated carbocycles. The van der Waals surface area contributed by atoms with Gasteiger partial charge in [-0.1, -0.05) is 13.0 Å². The molecule has 1 N–H and O–H groups in total. The fourth-order valence-corrected chi connectivity index (χ4v) is 2.84. The van der Waals surface area contributed by atoms with E-state index in [1.165, 1.54) is 12.1 Å². The average Bonchev–Trinajstić information content (AvgIpc) is 3.00. The molecule has 1 aromatic carbocycles. The first kappa shape index (κ1) is 21.1. The Labute approximate surface area is 159 Å². The molecule has 2 atom stereocenters. The van der Waals surface area contributed by atoms with Crippen LogP contribution in [0.15, 0.2) is 23.2 Å². The minimum Gasteiger partial charge on any atom is -0.381 e. The smallest absolute Gasteiger partial charge is 0.193 e. The lowest BCUT2D eigenvalue weighted by Crippen LogP contribution is -2.42. The molecule has 2 unspecified atom stereocenters. The quantitative estimate of drug-likeness (QED) is 0.423. The van der Waals surface area contributed by atoms with Crippen LogP contribution in [-0.2, 0) is 4.74 Å². The first-order valence-corrected chi connectivity index (χ1v) is 7.95. The fraction of sp³-hybridized carbons (Fsp3) is 0.588. The van der Waals surface area contributed by atoms with Crippen LogP contribution in [0, 0.1) is 17.6 Å². The largest absolute Gasteiger partial charge is 0.381 e. The minimum atomic E-state index is -0.555.